The number of anilines is 1. The molecule has 0 radical (unpaired) electrons. The predicted molar refractivity (Wildman–Crippen MR) is 123 cm³/mol. The van der Waals surface area contributed by atoms with E-state index in [-0.39, 0.29) is 19.1 Å². The number of imide groups is 1. The summed E-state index contributed by atoms with van der Waals surface area (Å²) in [5, 5.41) is 0.107. The van der Waals surface area contributed by atoms with Crippen molar-refractivity contribution in [3.05, 3.63) is 75.7 Å². The highest BCUT2D eigenvalue weighted by molar-refractivity contribution is 8.04. The first-order valence-corrected chi connectivity index (χ1v) is 11.8. The lowest BCUT2D eigenvalue weighted by Crippen LogP contribution is -2.61. The van der Waals surface area contributed by atoms with Crippen LogP contribution in [0.4, 0.5) is 10.5 Å². The van der Waals surface area contributed by atoms with Crippen molar-refractivity contribution in [1.29, 1.82) is 0 Å². The van der Waals surface area contributed by atoms with Gasteiger partial charge in [0.2, 0.25) is 5.91 Å². The lowest BCUT2D eigenvalue weighted by atomic mass is 9.94. The first kappa shape index (κ1) is 21.1. The van der Waals surface area contributed by atoms with Crippen molar-refractivity contribution in [3.63, 3.8) is 0 Å². The number of hydrogen-bond donors (Lipinski definition) is 0. The fourth-order valence-electron chi connectivity index (χ4n) is 4.48. The summed E-state index contributed by atoms with van der Waals surface area (Å²) in [6, 6.07) is 15.5. The van der Waals surface area contributed by atoms with Gasteiger partial charge in [-0.1, -0.05) is 41.9 Å². The van der Waals surface area contributed by atoms with E-state index < -0.39 is 23.3 Å². The summed E-state index contributed by atoms with van der Waals surface area (Å²) in [5.74, 6) is -1.18. The summed E-state index contributed by atoms with van der Waals surface area (Å²) in [6.07, 6.45) is 2.79. The molecule has 5 rings (SSSR count). The smallest absolute Gasteiger partial charge is 0.332 e. The van der Waals surface area contributed by atoms with Crippen molar-refractivity contribution in [2.24, 2.45) is 5.92 Å². The van der Waals surface area contributed by atoms with E-state index in [1.54, 1.807) is 36.0 Å². The Bertz CT molecular complexity index is 1100. The number of nitrogens with zero attached hydrogens (tertiary/aromatic N) is 2. The highest BCUT2D eigenvalue weighted by Gasteiger charge is 2.53. The number of allylic oxidation sites excluding steroid dienone is 1. The molecule has 3 amide bonds. The molecule has 2 aromatic carbocycles. The topological polar surface area (TPSA) is 66.9 Å². The van der Waals surface area contributed by atoms with Gasteiger partial charge in [-0.2, -0.15) is 0 Å². The molecule has 0 saturated carbocycles. The molecular formula is C24H21ClN2O4S. The van der Waals surface area contributed by atoms with Gasteiger partial charge >= 0.3 is 12.0 Å². The van der Waals surface area contributed by atoms with Crippen molar-refractivity contribution in [2.45, 2.75) is 31.2 Å². The molecule has 3 aliphatic rings. The number of halogens is 1. The second kappa shape index (κ2) is 8.64. The van der Waals surface area contributed by atoms with Crippen molar-refractivity contribution < 1.29 is 19.1 Å². The molecule has 1 fully saturated rings. The number of esters is 1. The van der Waals surface area contributed by atoms with Crippen LogP contribution in [0.25, 0.3) is 0 Å². The number of rotatable bonds is 5. The Balaban J connectivity index is 1.40. The molecule has 0 spiro atoms. The average Bonchev–Trinajstić information content (AvgIpc) is 3.39. The molecule has 8 heteroatoms. The molecule has 2 aromatic rings. The maximum Gasteiger partial charge on any atom is 0.332 e. The van der Waals surface area contributed by atoms with Gasteiger partial charge in [-0.15, -0.1) is 11.8 Å². The summed E-state index contributed by atoms with van der Waals surface area (Å²) in [6.45, 7) is -0.0741. The van der Waals surface area contributed by atoms with Crippen LogP contribution in [0.3, 0.4) is 0 Å². The van der Waals surface area contributed by atoms with Crippen molar-refractivity contribution in [2.75, 3.05) is 11.4 Å². The van der Waals surface area contributed by atoms with E-state index in [1.165, 1.54) is 14.7 Å². The number of thioether (sulfide) groups is 1. The van der Waals surface area contributed by atoms with Gasteiger partial charge in [0.05, 0.1) is 17.0 Å². The minimum atomic E-state index is -0.510. The summed E-state index contributed by atoms with van der Waals surface area (Å²) >= 11 is 7.54. The van der Waals surface area contributed by atoms with Gasteiger partial charge in [-0.05, 0) is 59.6 Å². The van der Waals surface area contributed by atoms with Crippen LogP contribution >= 0.6 is 23.4 Å². The van der Waals surface area contributed by atoms with Gasteiger partial charge in [0.1, 0.15) is 13.2 Å². The van der Waals surface area contributed by atoms with Crippen LogP contribution in [0, 0.1) is 5.92 Å². The fourth-order valence-corrected chi connectivity index (χ4v) is 6.25. The third kappa shape index (κ3) is 3.80. The Labute approximate surface area is 195 Å². The maximum absolute atomic E-state index is 13.5. The number of fused-ring (bicyclic) bond motifs is 2. The van der Waals surface area contributed by atoms with E-state index in [0.717, 1.165) is 30.4 Å². The van der Waals surface area contributed by atoms with Crippen LogP contribution in [-0.2, 0) is 20.9 Å². The summed E-state index contributed by atoms with van der Waals surface area (Å²) in [4.78, 5) is 43.4. The molecule has 6 nitrogen and oxygen atoms in total. The SMILES string of the molecule is O=C(CN1C(=O)N(c2ccc(Cl)cc2)C(=O)C2C3=C(CCC3)SC21)OCc1ccccc1. The van der Waals surface area contributed by atoms with Crippen LogP contribution in [0.5, 0.6) is 0 Å². The molecule has 1 saturated heterocycles. The molecule has 2 heterocycles. The quantitative estimate of drug-likeness (QED) is 0.579. The Morgan fingerprint density at radius 3 is 2.56 bits per heavy atom. The van der Waals surface area contributed by atoms with Gasteiger partial charge in [0, 0.05) is 5.02 Å². The van der Waals surface area contributed by atoms with Gasteiger partial charge in [0.15, 0.2) is 0 Å². The molecule has 1 aliphatic carbocycles. The zero-order chi connectivity index (χ0) is 22.2. The van der Waals surface area contributed by atoms with Crippen LogP contribution in [0.15, 0.2) is 65.1 Å². The van der Waals surface area contributed by atoms with Crippen molar-refractivity contribution in [1.82, 2.24) is 4.90 Å². The summed E-state index contributed by atoms with van der Waals surface area (Å²) in [7, 11) is 0. The Kier molecular flexibility index (Phi) is 5.69. The van der Waals surface area contributed by atoms with E-state index in [9.17, 15) is 14.4 Å². The van der Waals surface area contributed by atoms with Crippen molar-refractivity contribution in [3.8, 4) is 0 Å². The maximum atomic E-state index is 13.5. The number of carbonyl (C=O) groups is 3. The first-order chi connectivity index (χ1) is 15.5. The second-order valence-corrected chi connectivity index (χ2v) is 9.64. The van der Waals surface area contributed by atoms with Crippen molar-refractivity contribution >= 4 is 47.0 Å². The third-order valence-corrected chi connectivity index (χ3v) is 7.76. The number of hydrogen-bond acceptors (Lipinski definition) is 5. The third-order valence-electron chi connectivity index (χ3n) is 5.99. The molecule has 0 bridgehead atoms. The second-order valence-electron chi connectivity index (χ2n) is 7.99. The molecule has 0 N–H and O–H groups in total. The van der Waals surface area contributed by atoms with E-state index in [2.05, 4.69) is 0 Å². The van der Waals surface area contributed by atoms with Gasteiger partial charge in [-0.25, -0.2) is 9.69 Å². The Hall–Kier alpha value is -2.77. The summed E-state index contributed by atoms with van der Waals surface area (Å²) in [5.41, 5.74) is 2.43. The molecule has 2 unspecified atom stereocenters. The zero-order valence-corrected chi connectivity index (χ0v) is 18.8. The monoisotopic (exact) mass is 468 g/mol. The standard InChI is InChI=1S/C24H21ClN2O4S/c25-16-9-11-17(12-10-16)27-22(29)21-18-7-4-8-19(18)32-23(21)26(24(27)30)13-20(28)31-14-15-5-2-1-3-6-15/h1-3,5-6,9-12,21,23H,4,7-8,13-14H2. The van der Waals surface area contributed by atoms with Crippen LogP contribution < -0.4 is 4.90 Å². The number of ether oxygens (including phenoxy) is 1. The predicted octanol–water partition coefficient (Wildman–Crippen LogP) is 4.98. The van der Waals surface area contributed by atoms with Crippen LogP contribution in [-0.4, -0.2) is 34.7 Å². The summed E-state index contributed by atoms with van der Waals surface area (Å²) < 4.78 is 5.43. The van der Waals surface area contributed by atoms with Crippen LogP contribution in [0.1, 0.15) is 24.8 Å². The molecule has 164 valence electrons. The van der Waals surface area contributed by atoms with Gasteiger partial charge < -0.3 is 4.74 Å². The molecule has 2 atom stereocenters. The normalized spacial score (nSPS) is 22.3. The van der Waals surface area contributed by atoms with Crippen LogP contribution in [0.2, 0.25) is 5.02 Å². The average molecular weight is 469 g/mol. The lowest BCUT2D eigenvalue weighted by Gasteiger charge is -2.41. The number of amides is 3. The zero-order valence-electron chi connectivity index (χ0n) is 17.2. The lowest BCUT2D eigenvalue weighted by molar-refractivity contribution is -0.146. The van der Waals surface area contributed by atoms with Gasteiger partial charge in [0.25, 0.3) is 0 Å². The van der Waals surface area contributed by atoms with E-state index in [0.29, 0.717) is 10.7 Å². The van der Waals surface area contributed by atoms with Gasteiger partial charge in [-0.3, -0.25) is 14.5 Å². The molecule has 0 aromatic heterocycles. The molecule has 2 aliphatic heterocycles. The Morgan fingerprint density at radius 1 is 1.06 bits per heavy atom. The highest BCUT2D eigenvalue weighted by atomic mass is 35.5. The molecule has 32 heavy (non-hydrogen) atoms. The van der Waals surface area contributed by atoms with E-state index in [1.807, 2.05) is 30.3 Å². The Morgan fingerprint density at radius 2 is 1.81 bits per heavy atom. The number of urea groups is 1. The highest BCUT2D eigenvalue weighted by Crippen LogP contribution is 2.53. The van der Waals surface area contributed by atoms with E-state index in [4.69, 9.17) is 16.3 Å². The number of benzene rings is 2. The minimum absolute atomic E-state index is 0.136. The number of carbonyl (C=O) groups excluding carboxylic acids is 3. The fraction of sp³-hybridized carbons (Fsp3) is 0.292. The molecular weight excluding hydrogens is 448 g/mol. The minimum Gasteiger partial charge on any atom is -0.459 e. The first-order valence-electron chi connectivity index (χ1n) is 10.5. The largest absolute Gasteiger partial charge is 0.459 e. The van der Waals surface area contributed by atoms with E-state index >= 15 is 0 Å².